The van der Waals surface area contributed by atoms with Gasteiger partial charge in [-0.15, -0.1) is 23.5 Å². The quantitative estimate of drug-likeness (QED) is 0.643. The molecule has 0 radical (unpaired) electrons. The van der Waals surface area contributed by atoms with Crippen LogP contribution in [0.4, 0.5) is 0 Å². The fourth-order valence-electron chi connectivity index (χ4n) is 3.68. The maximum Gasteiger partial charge on any atom is 0.258 e. The van der Waals surface area contributed by atoms with Crippen molar-refractivity contribution in [1.29, 1.82) is 0 Å². The highest BCUT2D eigenvalue weighted by Gasteiger charge is 2.16. The van der Waals surface area contributed by atoms with Gasteiger partial charge < -0.3 is 14.8 Å². The summed E-state index contributed by atoms with van der Waals surface area (Å²) in [5, 5.41) is 3.00. The molecule has 4 rings (SSSR count). The number of hydrogen-bond donors (Lipinski definition) is 1. The van der Waals surface area contributed by atoms with Gasteiger partial charge >= 0.3 is 0 Å². The standard InChI is InChI=1S/C24H30N2O3S2/c27-23(18-29-22-8-6-19(7-9-22)24-30-14-3-15-31-24)25-16-20-4-1-2-5-21(20)17-26-10-12-28-13-11-26/h1-2,4-9,24H,3,10-18H2,(H,25,27). The molecule has 0 aromatic heterocycles. The zero-order chi connectivity index (χ0) is 21.3. The summed E-state index contributed by atoms with van der Waals surface area (Å²) in [6.45, 7) is 4.90. The lowest BCUT2D eigenvalue weighted by Crippen LogP contribution is -2.36. The van der Waals surface area contributed by atoms with Crippen molar-refractivity contribution in [2.45, 2.75) is 24.1 Å². The molecule has 1 amide bonds. The summed E-state index contributed by atoms with van der Waals surface area (Å²) in [4.78, 5) is 14.7. The Balaban J connectivity index is 1.23. The maximum atomic E-state index is 12.3. The molecule has 2 saturated heterocycles. The van der Waals surface area contributed by atoms with Gasteiger partial charge in [0, 0.05) is 26.2 Å². The Bertz CT molecular complexity index is 835. The fraction of sp³-hybridized carbons (Fsp3) is 0.458. The van der Waals surface area contributed by atoms with E-state index in [0.29, 0.717) is 11.1 Å². The zero-order valence-corrected chi connectivity index (χ0v) is 19.4. The van der Waals surface area contributed by atoms with E-state index in [1.807, 2.05) is 41.7 Å². The van der Waals surface area contributed by atoms with Crippen molar-refractivity contribution in [2.75, 3.05) is 44.4 Å². The molecule has 2 aromatic rings. The highest BCUT2D eigenvalue weighted by atomic mass is 32.2. The van der Waals surface area contributed by atoms with Crippen LogP contribution in [0.5, 0.6) is 5.75 Å². The van der Waals surface area contributed by atoms with Crippen molar-refractivity contribution < 1.29 is 14.3 Å². The Kier molecular flexibility index (Phi) is 8.58. The SMILES string of the molecule is O=C(COc1ccc(C2SCCCS2)cc1)NCc1ccccc1CN1CCOCC1. The fourth-order valence-corrected chi connectivity index (χ4v) is 6.57. The van der Waals surface area contributed by atoms with Gasteiger partial charge in [0.2, 0.25) is 0 Å². The predicted molar refractivity (Wildman–Crippen MR) is 129 cm³/mol. The molecule has 0 unspecified atom stereocenters. The minimum Gasteiger partial charge on any atom is -0.484 e. The second-order valence-electron chi connectivity index (χ2n) is 7.72. The molecule has 2 heterocycles. The molecular formula is C24H30N2O3S2. The monoisotopic (exact) mass is 458 g/mol. The van der Waals surface area contributed by atoms with Crippen LogP contribution in [0, 0.1) is 0 Å². The van der Waals surface area contributed by atoms with Crippen LogP contribution >= 0.6 is 23.5 Å². The maximum absolute atomic E-state index is 12.3. The van der Waals surface area contributed by atoms with E-state index in [9.17, 15) is 4.79 Å². The normalized spacial score (nSPS) is 17.9. The van der Waals surface area contributed by atoms with Crippen LogP contribution in [0.3, 0.4) is 0 Å². The Morgan fingerprint density at radius 1 is 1.03 bits per heavy atom. The number of ether oxygens (including phenoxy) is 2. The highest BCUT2D eigenvalue weighted by molar-refractivity contribution is 8.16. The van der Waals surface area contributed by atoms with Gasteiger partial charge in [-0.05, 0) is 46.7 Å². The summed E-state index contributed by atoms with van der Waals surface area (Å²) < 4.78 is 11.7. The first-order chi connectivity index (χ1) is 15.3. The van der Waals surface area contributed by atoms with Crippen molar-refractivity contribution in [3.05, 3.63) is 65.2 Å². The van der Waals surface area contributed by atoms with Gasteiger partial charge in [-0.3, -0.25) is 9.69 Å². The van der Waals surface area contributed by atoms with E-state index in [0.717, 1.165) is 44.2 Å². The number of hydrogen-bond acceptors (Lipinski definition) is 6. The summed E-state index contributed by atoms with van der Waals surface area (Å²) in [6, 6.07) is 16.5. The highest BCUT2D eigenvalue weighted by Crippen LogP contribution is 2.43. The molecule has 166 valence electrons. The van der Waals surface area contributed by atoms with Crippen molar-refractivity contribution in [3.8, 4) is 5.75 Å². The Morgan fingerprint density at radius 3 is 2.48 bits per heavy atom. The minimum atomic E-state index is -0.108. The summed E-state index contributed by atoms with van der Waals surface area (Å²) >= 11 is 4.01. The molecule has 1 N–H and O–H groups in total. The molecule has 2 aliphatic heterocycles. The molecule has 2 aromatic carbocycles. The number of nitrogens with one attached hydrogen (secondary N) is 1. The lowest BCUT2D eigenvalue weighted by atomic mass is 10.1. The Labute approximate surface area is 193 Å². The number of benzene rings is 2. The summed E-state index contributed by atoms with van der Waals surface area (Å²) in [5.74, 6) is 3.08. The van der Waals surface area contributed by atoms with E-state index in [1.165, 1.54) is 29.1 Å². The van der Waals surface area contributed by atoms with Crippen LogP contribution in [-0.2, 0) is 22.6 Å². The predicted octanol–water partition coefficient (Wildman–Crippen LogP) is 4.08. The second kappa shape index (κ2) is 11.8. The summed E-state index contributed by atoms with van der Waals surface area (Å²) in [6.07, 6.45) is 1.29. The van der Waals surface area contributed by atoms with Crippen molar-refractivity contribution in [1.82, 2.24) is 10.2 Å². The zero-order valence-electron chi connectivity index (χ0n) is 17.8. The molecule has 0 saturated carbocycles. The van der Waals surface area contributed by atoms with Crippen LogP contribution in [0.15, 0.2) is 48.5 Å². The molecule has 0 aliphatic carbocycles. The van der Waals surface area contributed by atoms with E-state index < -0.39 is 0 Å². The van der Waals surface area contributed by atoms with E-state index in [-0.39, 0.29) is 12.5 Å². The van der Waals surface area contributed by atoms with Crippen molar-refractivity contribution >= 4 is 29.4 Å². The first-order valence-corrected chi connectivity index (χ1v) is 13.0. The number of thioether (sulfide) groups is 2. The van der Waals surface area contributed by atoms with Gasteiger partial charge in [-0.1, -0.05) is 36.4 Å². The van der Waals surface area contributed by atoms with Crippen molar-refractivity contribution in [2.24, 2.45) is 0 Å². The van der Waals surface area contributed by atoms with Gasteiger partial charge in [-0.25, -0.2) is 0 Å². The van der Waals surface area contributed by atoms with Crippen LogP contribution in [0.1, 0.15) is 27.7 Å². The number of rotatable bonds is 8. The molecule has 2 aliphatic rings. The number of carbonyl (C=O) groups is 1. The van der Waals surface area contributed by atoms with Crippen LogP contribution in [0.25, 0.3) is 0 Å². The van der Waals surface area contributed by atoms with Gasteiger partial charge in [0.25, 0.3) is 5.91 Å². The first-order valence-electron chi connectivity index (χ1n) is 10.9. The van der Waals surface area contributed by atoms with Gasteiger partial charge in [0.05, 0.1) is 17.8 Å². The smallest absolute Gasteiger partial charge is 0.258 e. The number of morpholine rings is 1. The second-order valence-corrected chi connectivity index (χ2v) is 10.4. The van der Waals surface area contributed by atoms with Crippen LogP contribution < -0.4 is 10.1 Å². The molecule has 0 bridgehead atoms. The lowest BCUT2D eigenvalue weighted by molar-refractivity contribution is -0.123. The van der Waals surface area contributed by atoms with E-state index in [2.05, 4.69) is 40.5 Å². The third-order valence-electron chi connectivity index (χ3n) is 5.44. The molecular weight excluding hydrogens is 428 g/mol. The number of nitrogens with zero attached hydrogens (tertiary/aromatic N) is 1. The van der Waals surface area contributed by atoms with Gasteiger partial charge in [0.1, 0.15) is 5.75 Å². The molecule has 5 nitrogen and oxygen atoms in total. The molecule has 0 spiro atoms. The number of carbonyl (C=O) groups excluding carboxylic acids is 1. The van der Waals surface area contributed by atoms with Gasteiger partial charge in [0.15, 0.2) is 6.61 Å². The third kappa shape index (κ3) is 6.91. The summed E-state index contributed by atoms with van der Waals surface area (Å²) in [7, 11) is 0. The molecule has 31 heavy (non-hydrogen) atoms. The largest absolute Gasteiger partial charge is 0.484 e. The van der Waals surface area contributed by atoms with Crippen molar-refractivity contribution in [3.63, 3.8) is 0 Å². The van der Waals surface area contributed by atoms with E-state index >= 15 is 0 Å². The van der Waals surface area contributed by atoms with E-state index in [4.69, 9.17) is 9.47 Å². The molecule has 7 heteroatoms. The van der Waals surface area contributed by atoms with Crippen LogP contribution in [0.2, 0.25) is 0 Å². The third-order valence-corrected chi connectivity index (χ3v) is 8.46. The molecule has 0 atom stereocenters. The molecule has 2 fully saturated rings. The Morgan fingerprint density at radius 2 is 1.74 bits per heavy atom. The summed E-state index contributed by atoms with van der Waals surface area (Å²) in [5.41, 5.74) is 3.72. The lowest BCUT2D eigenvalue weighted by Gasteiger charge is -2.27. The minimum absolute atomic E-state index is 0.0257. The topological polar surface area (TPSA) is 50.8 Å². The Hall–Kier alpha value is -1.67. The average Bonchev–Trinajstić information content (AvgIpc) is 2.84. The van der Waals surface area contributed by atoms with Gasteiger partial charge in [-0.2, -0.15) is 0 Å². The van der Waals surface area contributed by atoms with E-state index in [1.54, 1.807) is 0 Å². The first kappa shape index (κ1) is 22.5. The van der Waals surface area contributed by atoms with Crippen LogP contribution in [-0.4, -0.2) is 55.2 Å². The average molecular weight is 459 g/mol. The number of amides is 1.